The minimum absolute atomic E-state index is 0.0329. The van der Waals surface area contributed by atoms with Crippen LogP contribution in [0.2, 0.25) is 0 Å². The van der Waals surface area contributed by atoms with Crippen LogP contribution < -0.4 is 10.6 Å². The lowest BCUT2D eigenvalue weighted by Crippen LogP contribution is -2.58. The highest BCUT2D eigenvalue weighted by molar-refractivity contribution is 7.88. The molecule has 0 aromatic carbocycles. The number of imide groups is 1. The molecule has 7 nitrogen and oxygen atoms in total. The molecule has 1 atom stereocenters. The molecular formula is C18H31N3O4S. The molecule has 0 radical (unpaired) electrons. The Balaban J connectivity index is 1.62. The van der Waals surface area contributed by atoms with Crippen molar-refractivity contribution in [3.05, 3.63) is 0 Å². The third-order valence-electron chi connectivity index (χ3n) is 6.60. The Morgan fingerprint density at radius 1 is 1.00 bits per heavy atom. The topological polar surface area (TPSA) is 95.6 Å². The normalized spacial score (nSPS) is 33.8. The van der Waals surface area contributed by atoms with Gasteiger partial charge in [-0.15, -0.1) is 0 Å². The molecule has 0 heterocycles. The summed E-state index contributed by atoms with van der Waals surface area (Å²) in [5.41, 5.74) is 0.129. The lowest BCUT2D eigenvalue weighted by atomic mass is 9.48. The Hall–Kier alpha value is -1.31. The Bertz CT molecular complexity index is 653. The molecule has 148 valence electrons. The van der Waals surface area contributed by atoms with Gasteiger partial charge in [-0.1, -0.05) is 0 Å². The van der Waals surface area contributed by atoms with E-state index in [1.54, 1.807) is 13.8 Å². The van der Waals surface area contributed by atoms with Gasteiger partial charge in [0.2, 0.25) is 10.0 Å². The van der Waals surface area contributed by atoms with Crippen LogP contribution in [0.5, 0.6) is 0 Å². The smallest absolute Gasteiger partial charge is 0.335 e. The molecule has 0 saturated heterocycles. The molecule has 2 N–H and O–H groups in total. The fourth-order valence-corrected chi connectivity index (χ4v) is 7.13. The molecule has 4 rings (SSSR count). The SMILES string of the molecule is CC(C)N(C(=O)NC(=O)N[C@H](C)C12CC3CC(CC(C3)C1)C2)S(C)(=O)=O. The first-order valence-electron chi connectivity index (χ1n) is 9.61. The summed E-state index contributed by atoms with van der Waals surface area (Å²) in [6.45, 7) is 5.21. The molecule has 0 aliphatic heterocycles. The first-order chi connectivity index (χ1) is 12.0. The Labute approximate surface area is 156 Å². The van der Waals surface area contributed by atoms with Gasteiger partial charge in [0, 0.05) is 12.1 Å². The molecule has 0 spiro atoms. The van der Waals surface area contributed by atoms with E-state index in [2.05, 4.69) is 10.6 Å². The maximum atomic E-state index is 12.3. The average molecular weight is 386 g/mol. The number of rotatable bonds is 4. The monoisotopic (exact) mass is 385 g/mol. The third kappa shape index (κ3) is 3.70. The van der Waals surface area contributed by atoms with Crippen LogP contribution in [0.1, 0.15) is 59.3 Å². The second-order valence-corrected chi connectivity index (χ2v) is 10.9. The average Bonchev–Trinajstić information content (AvgIpc) is 2.42. The van der Waals surface area contributed by atoms with Crippen LogP contribution in [0.3, 0.4) is 0 Å². The number of hydrogen-bond donors (Lipinski definition) is 2. The van der Waals surface area contributed by atoms with E-state index < -0.39 is 28.1 Å². The summed E-state index contributed by atoms with van der Waals surface area (Å²) in [5.74, 6) is 2.32. The van der Waals surface area contributed by atoms with E-state index in [1.165, 1.54) is 19.3 Å². The van der Waals surface area contributed by atoms with Crippen molar-refractivity contribution in [2.45, 2.75) is 71.4 Å². The quantitative estimate of drug-likeness (QED) is 0.778. The van der Waals surface area contributed by atoms with Crippen LogP contribution in [0.25, 0.3) is 0 Å². The number of sulfonamides is 1. The Morgan fingerprint density at radius 2 is 1.46 bits per heavy atom. The molecule has 0 unspecified atom stereocenters. The second kappa shape index (κ2) is 6.69. The third-order valence-corrected chi connectivity index (χ3v) is 7.90. The van der Waals surface area contributed by atoms with Gasteiger partial charge < -0.3 is 5.32 Å². The van der Waals surface area contributed by atoms with Gasteiger partial charge in [0.05, 0.1) is 6.26 Å². The molecule has 0 aromatic heterocycles. The highest BCUT2D eigenvalue weighted by Crippen LogP contribution is 2.61. The summed E-state index contributed by atoms with van der Waals surface area (Å²) >= 11 is 0. The first kappa shape index (κ1) is 19.5. The van der Waals surface area contributed by atoms with Gasteiger partial charge in [-0.3, -0.25) is 5.32 Å². The molecular weight excluding hydrogens is 354 g/mol. The predicted octanol–water partition coefficient (Wildman–Crippen LogP) is 2.68. The number of nitrogens with zero attached hydrogens (tertiary/aromatic N) is 1. The highest BCUT2D eigenvalue weighted by Gasteiger charge is 2.53. The summed E-state index contributed by atoms with van der Waals surface area (Å²) in [4.78, 5) is 24.6. The van der Waals surface area contributed by atoms with Crippen molar-refractivity contribution in [1.29, 1.82) is 0 Å². The maximum absolute atomic E-state index is 12.3. The van der Waals surface area contributed by atoms with Gasteiger partial charge in [0.15, 0.2) is 0 Å². The van der Waals surface area contributed by atoms with E-state index in [0.29, 0.717) is 4.31 Å². The van der Waals surface area contributed by atoms with E-state index in [9.17, 15) is 18.0 Å². The molecule has 0 aromatic rings. The molecule has 4 bridgehead atoms. The molecule has 4 fully saturated rings. The number of nitrogens with one attached hydrogen (secondary N) is 2. The summed E-state index contributed by atoms with van der Waals surface area (Å²) in [6, 6.07) is -2.11. The highest BCUT2D eigenvalue weighted by atomic mass is 32.2. The summed E-state index contributed by atoms with van der Waals surface area (Å²) < 4.78 is 24.3. The van der Waals surface area contributed by atoms with E-state index in [4.69, 9.17) is 0 Å². The van der Waals surface area contributed by atoms with Crippen LogP contribution in [-0.4, -0.2) is 43.1 Å². The van der Waals surface area contributed by atoms with Crippen molar-refractivity contribution < 1.29 is 18.0 Å². The van der Waals surface area contributed by atoms with E-state index in [1.807, 2.05) is 6.92 Å². The summed E-state index contributed by atoms with van der Waals surface area (Å²) in [7, 11) is -3.73. The lowest BCUT2D eigenvalue weighted by molar-refractivity contribution is -0.0681. The number of carbonyl (C=O) groups is 2. The zero-order chi connectivity index (χ0) is 19.3. The predicted molar refractivity (Wildman–Crippen MR) is 98.9 cm³/mol. The van der Waals surface area contributed by atoms with Gasteiger partial charge in [-0.05, 0) is 82.5 Å². The summed E-state index contributed by atoms with van der Waals surface area (Å²) in [5, 5.41) is 5.11. The van der Waals surface area contributed by atoms with Gasteiger partial charge in [0.1, 0.15) is 0 Å². The van der Waals surface area contributed by atoms with Gasteiger partial charge >= 0.3 is 12.1 Å². The van der Waals surface area contributed by atoms with Gasteiger partial charge in [-0.2, -0.15) is 0 Å². The maximum Gasteiger partial charge on any atom is 0.339 e. The minimum Gasteiger partial charge on any atom is -0.335 e. The van der Waals surface area contributed by atoms with Crippen LogP contribution in [0, 0.1) is 23.2 Å². The van der Waals surface area contributed by atoms with Crippen LogP contribution >= 0.6 is 0 Å². The standard InChI is InChI=1S/C18H31N3O4S/c1-11(2)21(26(4,24)25)17(23)20-16(22)19-12(3)18-8-13-5-14(9-18)7-15(6-13)10-18/h11-15H,5-10H2,1-4H3,(H2,19,20,22,23)/t12-,13?,14?,15?,18?/m1/s1. The van der Waals surface area contributed by atoms with Crippen molar-refractivity contribution in [3.63, 3.8) is 0 Å². The number of amides is 4. The van der Waals surface area contributed by atoms with Crippen LogP contribution in [0.4, 0.5) is 9.59 Å². The first-order valence-corrected chi connectivity index (χ1v) is 11.5. The zero-order valence-corrected chi connectivity index (χ0v) is 16.9. The van der Waals surface area contributed by atoms with Crippen molar-refractivity contribution >= 4 is 22.1 Å². The number of carbonyl (C=O) groups excluding carboxylic acids is 2. The van der Waals surface area contributed by atoms with E-state index in [-0.39, 0.29) is 11.5 Å². The van der Waals surface area contributed by atoms with Crippen molar-refractivity contribution in [1.82, 2.24) is 14.9 Å². The lowest BCUT2D eigenvalue weighted by Gasteiger charge is -2.59. The number of urea groups is 2. The van der Waals surface area contributed by atoms with Crippen molar-refractivity contribution in [2.75, 3.05) is 6.26 Å². The summed E-state index contributed by atoms with van der Waals surface area (Å²) in [6.07, 6.45) is 8.39. The Morgan fingerprint density at radius 3 is 1.85 bits per heavy atom. The molecule has 4 aliphatic carbocycles. The minimum atomic E-state index is -3.73. The number of hydrogen-bond acceptors (Lipinski definition) is 4. The zero-order valence-electron chi connectivity index (χ0n) is 16.1. The molecule has 8 heteroatoms. The molecule has 26 heavy (non-hydrogen) atoms. The van der Waals surface area contributed by atoms with Crippen molar-refractivity contribution in [3.8, 4) is 0 Å². The molecule has 4 amide bonds. The van der Waals surface area contributed by atoms with Crippen LogP contribution in [-0.2, 0) is 10.0 Å². The van der Waals surface area contributed by atoms with E-state index >= 15 is 0 Å². The molecule has 4 aliphatic rings. The second-order valence-electron chi connectivity index (χ2n) is 9.06. The Kier molecular flexibility index (Phi) is 5.01. The van der Waals surface area contributed by atoms with Crippen LogP contribution in [0.15, 0.2) is 0 Å². The van der Waals surface area contributed by atoms with Gasteiger partial charge in [-0.25, -0.2) is 22.3 Å². The fourth-order valence-electron chi connectivity index (χ4n) is 6.01. The van der Waals surface area contributed by atoms with Gasteiger partial charge in [0.25, 0.3) is 0 Å². The van der Waals surface area contributed by atoms with E-state index in [0.717, 1.165) is 43.3 Å². The van der Waals surface area contributed by atoms with Crippen molar-refractivity contribution in [2.24, 2.45) is 23.2 Å². The molecule has 4 saturated carbocycles. The fraction of sp³-hybridized carbons (Fsp3) is 0.889. The largest absolute Gasteiger partial charge is 0.339 e.